The lowest BCUT2D eigenvalue weighted by Gasteiger charge is -2.34. The van der Waals surface area contributed by atoms with Gasteiger partial charge in [0.05, 0.1) is 6.10 Å². The molecule has 6 heteroatoms. The van der Waals surface area contributed by atoms with Gasteiger partial charge in [-0.15, -0.1) is 0 Å². The summed E-state index contributed by atoms with van der Waals surface area (Å²) in [6, 6.07) is 12.1. The summed E-state index contributed by atoms with van der Waals surface area (Å²) in [5, 5.41) is 22.9. The number of carbonyl (C=O) groups is 2. The number of rotatable bonds is 14. The maximum Gasteiger partial charge on any atom is 0.326 e. The van der Waals surface area contributed by atoms with E-state index in [1.165, 1.54) is 28.7 Å². The Hall–Kier alpha value is -2.86. The Morgan fingerprint density at radius 2 is 1.56 bits per heavy atom. The fourth-order valence-electron chi connectivity index (χ4n) is 6.70. The quantitative estimate of drug-likeness (QED) is 0.209. The number of carbonyl (C=O) groups excluding carboxylic acids is 1. The first kappa shape index (κ1) is 34.6. The first-order valence-corrected chi connectivity index (χ1v) is 16.3. The largest absolute Gasteiger partial charge is 0.484 e. The fraction of sp³-hybridized carbons (Fsp3) is 0.622. The predicted molar refractivity (Wildman–Crippen MR) is 174 cm³/mol. The van der Waals surface area contributed by atoms with Crippen molar-refractivity contribution in [1.29, 1.82) is 0 Å². The summed E-state index contributed by atoms with van der Waals surface area (Å²) in [4.78, 5) is 24.5. The second-order valence-electron chi connectivity index (χ2n) is 13.8. The highest BCUT2D eigenvalue weighted by molar-refractivity contribution is 5.84. The van der Waals surface area contributed by atoms with Gasteiger partial charge in [-0.1, -0.05) is 97.1 Å². The van der Waals surface area contributed by atoms with Gasteiger partial charge in [-0.05, 0) is 91.2 Å². The van der Waals surface area contributed by atoms with Crippen LogP contribution >= 0.6 is 0 Å². The molecule has 0 spiro atoms. The molecule has 2 aromatic carbocycles. The lowest BCUT2D eigenvalue weighted by atomic mass is 9.69. The van der Waals surface area contributed by atoms with Gasteiger partial charge in [0, 0.05) is 5.41 Å². The molecule has 0 saturated heterocycles. The van der Waals surface area contributed by atoms with E-state index in [0.717, 1.165) is 56.9 Å². The van der Waals surface area contributed by atoms with Crippen molar-refractivity contribution >= 4 is 11.9 Å². The van der Waals surface area contributed by atoms with E-state index >= 15 is 0 Å². The maximum atomic E-state index is 12.7. The van der Waals surface area contributed by atoms with Crippen molar-refractivity contribution in [3.05, 3.63) is 64.2 Å². The summed E-state index contributed by atoms with van der Waals surface area (Å²) in [7, 11) is 0. The average Bonchev–Trinajstić information content (AvgIpc) is 2.96. The number of aliphatic hydroxyl groups excluding tert-OH is 1. The molecular weight excluding hydrogens is 538 g/mol. The lowest BCUT2D eigenvalue weighted by molar-refractivity contribution is -0.142. The van der Waals surface area contributed by atoms with E-state index in [9.17, 15) is 19.8 Å². The van der Waals surface area contributed by atoms with Crippen molar-refractivity contribution in [2.24, 2.45) is 11.3 Å². The number of aliphatic carboxylic acids is 1. The molecule has 1 unspecified atom stereocenters. The number of nitrogens with one attached hydrogen (secondary N) is 1. The Balaban J connectivity index is 1.70. The van der Waals surface area contributed by atoms with Crippen LogP contribution < -0.4 is 10.1 Å². The van der Waals surface area contributed by atoms with E-state index in [4.69, 9.17) is 4.74 Å². The molecule has 1 aliphatic carbocycles. The van der Waals surface area contributed by atoms with Gasteiger partial charge in [-0.2, -0.15) is 0 Å². The molecule has 0 heterocycles. The van der Waals surface area contributed by atoms with E-state index in [0.29, 0.717) is 18.1 Å². The standard InChI is InChI=1S/C37H55NO5/c1-8-37(9-2,29-17-15-28(25(3)21-29)16-20-33(39)36(5,6)7)30-18-19-32(26(4)22-30)43-24-34(40)38-31(35(41)42)23-27-13-11-10-12-14-27/h15,17-19,21-22,27,31,33,39H,8-14,16,20,23-24H2,1-7H3,(H,38,40)(H,41,42)/t31-,33?/m0/s1. The molecule has 2 aromatic rings. The van der Waals surface area contributed by atoms with Gasteiger partial charge in [0.25, 0.3) is 5.91 Å². The normalized spacial score (nSPS) is 16.0. The van der Waals surface area contributed by atoms with Crippen molar-refractivity contribution in [2.45, 2.75) is 130 Å². The van der Waals surface area contributed by atoms with Crippen LogP contribution in [0.1, 0.15) is 120 Å². The van der Waals surface area contributed by atoms with Gasteiger partial charge >= 0.3 is 5.97 Å². The minimum Gasteiger partial charge on any atom is -0.484 e. The molecule has 0 bridgehead atoms. The van der Waals surface area contributed by atoms with Crippen LogP contribution in [0.15, 0.2) is 36.4 Å². The summed E-state index contributed by atoms with van der Waals surface area (Å²) in [6.45, 7) is 14.6. The van der Waals surface area contributed by atoms with Crippen LogP contribution in [0.25, 0.3) is 0 Å². The van der Waals surface area contributed by atoms with Gasteiger partial charge in [-0.25, -0.2) is 4.79 Å². The van der Waals surface area contributed by atoms with E-state index in [1.54, 1.807) is 0 Å². The first-order chi connectivity index (χ1) is 20.3. The SMILES string of the molecule is CCC(CC)(c1ccc(CCC(O)C(C)(C)C)c(C)c1)c1ccc(OCC(=O)N[C@@H](CC2CCCCC2)C(=O)O)c(C)c1. The van der Waals surface area contributed by atoms with Crippen molar-refractivity contribution < 1.29 is 24.5 Å². The molecule has 0 aliphatic heterocycles. The summed E-state index contributed by atoms with van der Waals surface area (Å²) in [6.07, 6.45) is 9.14. The van der Waals surface area contributed by atoms with E-state index < -0.39 is 17.9 Å². The van der Waals surface area contributed by atoms with Gasteiger partial charge in [0.15, 0.2) is 6.61 Å². The maximum absolute atomic E-state index is 12.7. The number of carboxylic acids is 1. The van der Waals surface area contributed by atoms with Crippen molar-refractivity contribution in [2.75, 3.05) is 6.61 Å². The van der Waals surface area contributed by atoms with Gasteiger partial charge in [0.1, 0.15) is 11.8 Å². The second kappa shape index (κ2) is 15.2. The van der Waals surface area contributed by atoms with Crippen LogP contribution in [0, 0.1) is 25.2 Å². The van der Waals surface area contributed by atoms with Crippen LogP contribution in [0.5, 0.6) is 5.75 Å². The molecule has 43 heavy (non-hydrogen) atoms. The Bertz CT molecular complexity index is 1220. The van der Waals surface area contributed by atoms with Gasteiger partial charge in [0.2, 0.25) is 0 Å². The van der Waals surface area contributed by atoms with Crippen LogP contribution in [-0.4, -0.2) is 40.8 Å². The minimum atomic E-state index is -0.985. The molecule has 0 radical (unpaired) electrons. The Morgan fingerprint density at radius 3 is 2.09 bits per heavy atom. The fourth-order valence-corrected chi connectivity index (χ4v) is 6.70. The molecule has 2 atom stereocenters. The number of hydrogen-bond donors (Lipinski definition) is 3. The Kier molecular flexibility index (Phi) is 12.3. The van der Waals surface area contributed by atoms with Gasteiger partial charge < -0.3 is 20.3 Å². The Labute approximate surface area is 259 Å². The number of hydrogen-bond acceptors (Lipinski definition) is 4. The van der Waals surface area contributed by atoms with Crippen LogP contribution in [0.3, 0.4) is 0 Å². The molecule has 0 aromatic heterocycles. The summed E-state index contributed by atoms with van der Waals surface area (Å²) in [5.74, 6) is -0.415. The molecule has 6 nitrogen and oxygen atoms in total. The highest BCUT2D eigenvalue weighted by Crippen LogP contribution is 2.41. The average molecular weight is 594 g/mol. The van der Waals surface area contributed by atoms with Crippen LogP contribution in [0.2, 0.25) is 0 Å². The smallest absolute Gasteiger partial charge is 0.326 e. The van der Waals surface area contributed by atoms with E-state index in [2.05, 4.69) is 77.2 Å². The van der Waals surface area contributed by atoms with E-state index in [1.807, 2.05) is 13.0 Å². The van der Waals surface area contributed by atoms with Crippen LogP contribution in [-0.2, 0) is 21.4 Å². The van der Waals surface area contributed by atoms with Crippen molar-refractivity contribution in [1.82, 2.24) is 5.32 Å². The third kappa shape index (κ3) is 9.07. The number of ether oxygens (including phenoxy) is 1. The molecular formula is C37H55NO5. The molecule has 1 aliphatic rings. The van der Waals surface area contributed by atoms with Gasteiger partial charge in [-0.3, -0.25) is 4.79 Å². The molecule has 238 valence electrons. The monoisotopic (exact) mass is 593 g/mol. The van der Waals surface area contributed by atoms with Crippen LogP contribution in [0.4, 0.5) is 0 Å². The molecule has 3 rings (SSSR count). The lowest BCUT2D eigenvalue weighted by Crippen LogP contribution is -2.44. The minimum absolute atomic E-state index is 0.125. The molecule has 1 saturated carbocycles. The zero-order valence-electron chi connectivity index (χ0n) is 27.6. The number of amides is 1. The number of aryl methyl sites for hydroxylation is 3. The number of aliphatic hydroxyl groups is 1. The van der Waals surface area contributed by atoms with E-state index in [-0.39, 0.29) is 23.5 Å². The third-order valence-corrected chi connectivity index (χ3v) is 9.80. The summed E-state index contributed by atoms with van der Waals surface area (Å²) in [5.41, 5.74) is 5.66. The highest BCUT2D eigenvalue weighted by Gasteiger charge is 2.32. The first-order valence-electron chi connectivity index (χ1n) is 16.3. The topological polar surface area (TPSA) is 95.9 Å². The number of benzene rings is 2. The summed E-state index contributed by atoms with van der Waals surface area (Å²) >= 11 is 0. The zero-order chi connectivity index (χ0) is 31.8. The molecule has 1 fully saturated rings. The molecule has 1 amide bonds. The predicted octanol–water partition coefficient (Wildman–Crippen LogP) is 7.67. The van der Waals surface area contributed by atoms with Crippen molar-refractivity contribution in [3.63, 3.8) is 0 Å². The van der Waals surface area contributed by atoms with Crippen molar-refractivity contribution in [3.8, 4) is 5.75 Å². The highest BCUT2D eigenvalue weighted by atomic mass is 16.5. The number of carboxylic acid groups (broad SMARTS) is 1. The third-order valence-electron chi connectivity index (χ3n) is 9.80. The second-order valence-corrected chi connectivity index (χ2v) is 13.8. The zero-order valence-corrected chi connectivity index (χ0v) is 27.6. The Morgan fingerprint density at radius 1 is 0.953 bits per heavy atom. The molecule has 3 N–H and O–H groups in total. The summed E-state index contributed by atoms with van der Waals surface area (Å²) < 4.78 is 5.89.